The number of hydrogen-bond acceptors (Lipinski definition) is 2. The Labute approximate surface area is 116 Å². The molecule has 1 unspecified atom stereocenters. The Morgan fingerprint density at radius 3 is 2.42 bits per heavy atom. The zero-order chi connectivity index (χ0) is 13.7. The summed E-state index contributed by atoms with van der Waals surface area (Å²) in [6.45, 7) is 4.12. The summed E-state index contributed by atoms with van der Waals surface area (Å²) in [5.74, 6) is 0.625. The lowest BCUT2D eigenvalue weighted by Crippen LogP contribution is -2.43. The summed E-state index contributed by atoms with van der Waals surface area (Å²) in [6, 6.07) is 7.37. The summed E-state index contributed by atoms with van der Waals surface area (Å²) >= 11 is 0. The summed E-state index contributed by atoms with van der Waals surface area (Å²) in [5, 5.41) is 3.47. The third-order valence-corrected chi connectivity index (χ3v) is 4.33. The predicted molar refractivity (Wildman–Crippen MR) is 79.1 cm³/mol. The van der Waals surface area contributed by atoms with E-state index in [0.717, 1.165) is 24.7 Å². The lowest BCUT2D eigenvalue weighted by atomic mass is 9.97. The van der Waals surface area contributed by atoms with E-state index >= 15 is 0 Å². The maximum Gasteiger partial charge on any atom is 0.123 e. The molecule has 0 heterocycles. The number of benzene rings is 1. The molecule has 1 aliphatic rings. The molecule has 3 heteroatoms. The van der Waals surface area contributed by atoms with Crippen LogP contribution in [0.1, 0.15) is 32.6 Å². The van der Waals surface area contributed by atoms with Crippen LogP contribution in [0.3, 0.4) is 0 Å². The molecule has 19 heavy (non-hydrogen) atoms. The van der Waals surface area contributed by atoms with Gasteiger partial charge in [-0.3, -0.25) is 0 Å². The molecule has 1 aromatic rings. The van der Waals surface area contributed by atoms with Gasteiger partial charge in [-0.1, -0.05) is 12.8 Å². The standard InChI is InChI=1S/C16H25FN2/c1-3-19(15-10-8-14(17)9-11-15)12-16(18-2)13-6-4-5-7-13/h8-11,13,16,18H,3-7,12H2,1-2H3. The van der Waals surface area contributed by atoms with Gasteiger partial charge in [-0.05, 0) is 57.0 Å². The summed E-state index contributed by atoms with van der Waals surface area (Å²) < 4.78 is 13.0. The first-order valence-electron chi connectivity index (χ1n) is 7.42. The molecule has 0 radical (unpaired) electrons. The van der Waals surface area contributed by atoms with Gasteiger partial charge in [0.15, 0.2) is 0 Å². The van der Waals surface area contributed by atoms with Gasteiger partial charge in [0, 0.05) is 24.8 Å². The van der Waals surface area contributed by atoms with Crippen LogP contribution < -0.4 is 10.2 Å². The second kappa shape index (κ2) is 6.90. The zero-order valence-electron chi connectivity index (χ0n) is 12.0. The second-order valence-corrected chi connectivity index (χ2v) is 5.45. The molecule has 1 saturated carbocycles. The highest BCUT2D eigenvalue weighted by Gasteiger charge is 2.25. The fraction of sp³-hybridized carbons (Fsp3) is 0.625. The summed E-state index contributed by atoms with van der Waals surface area (Å²) in [6.07, 6.45) is 5.41. The quantitative estimate of drug-likeness (QED) is 0.847. The van der Waals surface area contributed by atoms with E-state index in [4.69, 9.17) is 0 Å². The Bertz CT molecular complexity index is 371. The lowest BCUT2D eigenvalue weighted by molar-refractivity contribution is 0.379. The van der Waals surface area contributed by atoms with E-state index in [2.05, 4.69) is 24.2 Å². The van der Waals surface area contributed by atoms with Crippen LogP contribution in [0.15, 0.2) is 24.3 Å². The average Bonchev–Trinajstić information content (AvgIpc) is 2.95. The van der Waals surface area contributed by atoms with Gasteiger partial charge in [-0.25, -0.2) is 4.39 Å². The fourth-order valence-electron chi connectivity index (χ4n) is 3.14. The number of anilines is 1. The minimum Gasteiger partial charge on any atom is -0.370 e. The fourth-order valence-corrected chi connectivity index (χ4v) is 3.14. The first-order chi connectivity index (χ1) is 9.24. The summed E-state index contributed by atoms with van der Waals surface area (Å²) in [7, 11) is 2.06. The van der Waals surface area contributed by atoms with Crippen molar-refractivity contribution in [1.29, 1.82) is 0 Å². The normalized spacial score (nSPS) is 17.6. The number of nitrogens with zero attached hydrogens (tertiary/aromatic N) is 1. The van der Waals surface area contributed by atoms with Crippen LogP contribution >= 0.6 is 0 Å². The molecule has 0 aliphatic heterocycles. The number of rotatable bonds is 6. The molecule has 1 N–H and O–H groups in total. The lowest BCUT2D eigenvalue weighted by Gasteiger charge is -2.31. The first-order valence-corrected chi connectivity index (χ1v) is 7.42. The predicted octanol–water partition coefficient (Wildman–Crippen LogP) is 3.43. The van der Waals surface area contributed by atoms with Gasteiger partial charge in [0.1, 0.15) is 5.82 Å². The van der Waals surface area contributed by atoms with Crippen molar-refractivity contribution in [2.24, 2.45) is 5.92 Å². The van der Waals surface area contributed by atoms with Gasteiger partial charge in [0.05, 0.1) is 0 Å². The van der Waals surface area contributed by atoms with E-state index in [1.54, 1.807) is 12.1 Å². The number of hydrogen-bond donors (Lipinski definition) is 1. The average molecular weight is 264 g/mol. The Morgan fingerprint density at radius 1 is 1.26 bits per heavy atom. The maximum atomic E-state index is 13.0. The van der Waals surface area contributed by atoms with Gasteiger partial charge < -0.3 is 10.2 Å². The third-order valence-electron chi connectivity index (χ3n) is 4.33. The van der Waals surface area contributed by atoms with E-state index in [1.165, 1.54) is 25.7 Å². The minimum absolute atomic E-state index is 0.166. The maximum absolute atomic E-state index is 13.0. The molecule has 1 fully saturated rings. The molecule has 0 aromatic heterocycles. The van der Waals surface area contributed by atoms with Crippen molar-refractivity contribution >= 4 is 5.69 Å². The first kappa shape index (κ1) is 14.3. The van der Waals surface area contributed by atoms with Crippen molar-refractivity contribution in [3.8, 4) is 0 Å². The number of nitrogens with one attached hydrogen (secondary N) is 1. The molecule has 1 aromatic carbocycles. The van der Waals surface area contributed by atoms with Crippen LogP contribution in [0, 0.1) is 11.7 Å². The van der Waals surface area contributed by atoms with Crippen molar-refractivity contribution in [3.63, 3.8) is 0 Å². The smallest absolute Gasteiger partial charge is 0.123 e. The van der Waals surface area contributed by atoms with Crippen LogP contribution in [0.25, 0.3) is 0 Å². The minimum atomic E-state index is -0.166. The van der Waals surface area contributed by atoms with Gasteiger partial charge in [0.25, 0.3) is 0 Å². The SMILES string of the molecule is CCN(CC(NC)C1CCCC1)c1ccc(F)cc1. The van der Waals surface area contributed by atoms with E-state index in [-0.39, 0.29) is 5.82 Å². The molecule has 0 saturated heterocycles. The molecule has 0 spiro atoms. The molecular formula is C16H25FN2. The van der Waals surface area contributed by atoms with Crippen molar-refractivity contribution in [3.05, 3.63) is 30.1 Å². The summed E-state index contributed by atoms with van der Waals surface area (Å²) in [5.41, 5.74) is 1.11. The Hall–Kier alpha value is -1.09. The molecule has 0 bridgehead atoms. The monoisotopic (exact) mass is 264 g/mol. The highest BCUT2D eigenvalue weighted by atomic mass is 19.1. The van der Waals surface area contributed by atoms with Gasteiger partial charge in [0.2, 0.25) is 0 Å². The van der Waals surface area contributed by atoms with Crippen molar-refractivity contribution in [2.45, 2.75) is 38.6 Å². The summed E-state index contributed by atoms with van der Waals surface area (Å²) in [4.78, 5) is 2.33. The van der Waals surface area contributed by atoms with Crippen molar-refractivity contribution < 1.29 is 4.39 Å². The largest absolute Gasteiger partial charge is 0.370 e. The van der Waals surface area contributed by atoms with Gasteiger partial charge in [-0.15, -0.1) is 0 Å². The second-order valence-electron chi connectivity index (χ2n) is 5.45. The van der Waals surface area contributed by atoms with Crippen LogP contribution in [-0.2, 0) is 0 Å². The van der Waals surface area contributed by atoms with Crippen LogP contribution in [-0.4, -0.2) is 26.2 Å². The highest BCUT2D eigenvalue weighted by molar-refractivity contribution is 5.46. The Balaban J connectivity index is 2.02. The van der Waals surface area contributed by atoms with Crippen LogP contribution in [0.5, 0.6) is 0 Å². The Kier molecular flexibility index (Phi) is 5.20. The molecule has 106 valence electrons. The molecule has 2 rings (SSSR count). The number of halogens is 1. The van der Waals surface area contributed by atoms with Crippen molar-refractivity contribution in [2.75, 3.05) is 25.0 Å². The van der Waals surface area contributed by atoms with Crippen LogP contribution in [0.2, 0.25) is 0 Å². The van der Waals surface area contributed by atoms with Crippen molar-refractivity contribution in [1.82, 2.24) is 5.32 Å². The van der Waals surface area contributed by atoms with E-state index in [9.17, 15) is 4.39 Å². The van der Waals surface area contributed by atoms with Gasteiger partial charge in [-0.2, -0.15) is 0 Å². The van der Waals surface area contributed by atoms with E-state index < -0.39 is 0 Å². The molecule has 1 aliphatic carbocycles. The van der Waals surface area contributed by atoms with Gasteiger partial charge >= 0.3 is 0 Å². The zero-order valence-corrected chi connectivity index (χ0v) is 12.0. The van der Waals surface area contributed by atoms with E-state index in [0.29, 0.717) is 6.04 Å². The van der Waals surface area contributed by atoms with E-state index in [1.807, 2.05) is 12.1 Å². The Morgan fingerprint density at radius 2 is 1.89 bits per heavy atom. The third kappa shape index (κ3) is 3.69. The number of likely N-dealkylation sites (N-methyl/N-ethyl adjacent to an activating group) is 2. The molecule has 0 amide bonds. The molecule has 1 atom stereocenters. The molecule has 2 nitrogen and oxygen atoms in total. The molecular weight excluding hydrogens is 239 g/mol. The topological polar surface area (TPSA) is 15.3 Å². The van der Waals surface area contributed by atoms with Crippen LogP contribution in [0.4, 0.5) is 10.1 Å². The highest BCUT2D eigenvalue weighted by Crippen LogP contribution is 2.28.